The van der Waals surface area contributed by atoms with Crippen LogP contribution in [0.3, 0.4) is 0 Å². The number of hydrogen-bond donors (Lipinski definition) is 1. The minimum Gasteiger partial charge on any atom is -0.480 e. The molecule has 0 bridgehead atoms. The first-order chi connectivity index (χ1) is 13.3. The largest absolute Gasteiger partial charge is 0.480 e. The monoisotopic (exact) mass is 386 g/mol. The van der Waals surface area contributed by atoms with Gasteiger partial charge in [0.2, 0.25) is 5.95 Å². The van der Waals surface area contributed by atoms with Gasteiger partial charge in [-0.3, -0.25) is 23.3 Å². The highest BCUT2D eigenvalue weighted by Gasteiger charge is 2.28. The number of aryl methyl sites for hydroxylation is 1. The summed E-state index contributed by atoms with van der Waals surface area (Å²) in [5.74, 6) is -1.42. The van der Waals surface area contributed by atoms with E-state index in [0.717, 1.165) is 9.58 Å². The number of carbonyl (C=O) groups is 1. The maximum absolute atomic E-state index is 13.3. The lowest BCUT2D eigenvalue weighted by molar-refractivity contribution is -0.135. The van der Waals surface area contributed by atoms with Gasteiger partial charge in [-0.2, -0.15) is 10.1 Å². The molecule has 0 radical (unpaired) electrons. The molecule has 144 valence electrons. The van der Waals surface area contributed by atoms with Crippen molar-refractivity contribution >= 4 is 28.8 Å². The maximum atomic E-state index is 13.3. The number of halogens is 1. The fourth-order valence-electron chi connectivity index (χ4n) is 3.18. The van der Waals surface area contributed by atoms with Crippen LogP contribution >= 0.6 is 0 Å². The van der Waals surface area contributed by atoms with Crippen LogP contribution in [-0.2, 0) is 25.4 Å². The standard InChI is InChI=1S/C17H15FN6O4/c1-21-14-13(15(27)22(2)17(21)28)23-7-11(9-3-5-10(18)6-4-9)20-24(8-12(25)26)16(23)19-14/h3-6H,7-8H2,1-2H3,(H,25,26). The highest BCUT2D eigenvalue weighted by Crippen LogP contribution is 2.25. The molecule has 0 amide bonds. The molecule has 0 atom stereocenters. The summed E-state index contributed by atoms with van der Waals surface area (Å²) in [5.41, 5.74) is 0.207. The van der Waals surface area contributed by atoms with Crippen molar-refractivity contribution in [3.8, 4) is 0 Å². The molecule has 1 aliphatic heterocycles. The lowest BCUT2D eigenvalue weighted by atomic mass is 10.1. The van der Waals surface area contributed by atoms with E-state index in [1.165, 1.54) is 47.5 Å². The lowest BCUT2D eigenvalue weighted by Gasteiger charge is -2.24. The molecule has 0 saturated heterocycles. The molecule has 0 unspecified atom stereocenters. The third-order valence-electron chi connectivity index (χ3n) is 4.57. The molecule has 0 fully saturated rings. The summed E-state index contributed by atoms with van der Waals surface area (Å²) in [6.45, 7) is -0.386. The van der Waals surface area contributed by atoms with Gasteiger partial charge in [-0.1, -0.05) is 12.1 Å². The van der Waals surface area contributed by atoms with Gasteiger partial charge in [-0.05, 0) is 17.7 Å². The number of anilines is 1. The fourth-order valence-corrected chi connectivity index (χ4v) is 3.18. The molecule has 1 N–H and O–H groups in total. The third kappa shape index (κ3) is 2.59. The van der Waals surface area contributed by atoms with Gasteiger partial charge in [0.15, 0.2) is 11.2 Å². The number of imidazole rings is 1. The average Bonchev–Trinajstić information content (AvgIpc) is 3.05. The zero-order chi connectivity index (χ0) is 20.2. The van der Waals surface area contributed by atoms with Gasteiger partial charge in [0, 0.05) is 14.1 Å². The van der Waals surface area contributed by atoms with Crippen LogP contribution in [0.4, 0.5) is 10.3 Å². The number of hydrazone groups is 1. The second-order valence-electron chi connectivity index (χ2n) is 6.38. The van der Waals surface area contributed by atoms with Gasteiger partial charge in [-0.15, -0.1) is 0 Å². The van der Waals surface area contributed by atoms with Gasteiger partial charge < -0.3 is 5.11 Å². The Bertz CT molecular complexity index is 1270. The number of fused-ring (bicyclic) bond motifs is 3. The molecular weight excluding hydrogens is 371 g/mol. The van der Waals surface area contributed by atoms with Crippen LogP contribution in [0.15, 0.2) is 39.0 Å². The third-order valence-corrected chi connectivity index (χ3v) is 4.57. The van der Waals surface area contributed by atoms with Crippen molar-refractivity contribution in [2.75, 3.05) is 11.6 Å². The summed E-state index contributed by atoms with van der Waals surface area (Å²) >= 11 is 0. The number of aliphatic carboxylic acids is 1. The van der Waals surface area contributed by atoms with E-state index in [-0.39, 0.29) is 23.7 Å². The Hall–Kier alpha value is -3.76. The summed E-state index contributed by atoms with van der Waals surface area (Å²) in [6, 6.07) is 5.57. The van der Waals surface area contributed by atoms with Crippen LogP contribution in [-0.4, -0.2) is 42.0 Å². The van der Waals surface area contributed by atoms with Crippen molar-refractivity contribution in [3.63, 3.8) is 0 Å². The number of aromatic nitrogens is 4. The SMILES string of the molecule is Cn1c(=O)c2c(nc3n2CC(c2ccc(F)cc2)=NN3CC(=O)O)n(C)c1=O. The first-order valence-electron chi connectivity index (χ1n) is 8.27. The van der Waals surface area contributed by atoms with Gasteiger partial charge in [0.1, 0.15) is 12.4 Å². The van der Waals surface area contributed by atoms with Crippen LogP contribution < -0.4 is 16.3 Å². The van der Waals surface area contributed by atoms with Crippen molar-refractivity contribution in [2.45, 2.75) is 6.54 Å². The van der Waals surface area contributed by atoms with Crippen molar-refractivity contribution in [1.82, 2.24) is 18.7 Å². The van der Waals surface area contributed by atoms with Crippen molar-refractivity contribution < 1.29 is 14.3 Å². The molecule has 0 saturated carbocycles. The second-order valence-corrected chi connectivity index (χ2v) is 6.38. The van der Waals surface area contributed by atoms with Crippen molar-refractivity contribution in [3.05, 3.63) is 56.5 Å². The molecular formula is C17H15FN6O4. The van der Waals surface area contributed by atoms with Crippen LogP contribution in [0.1, 0.15) is 5.56 Å². The molecule has 10 nitrogen and oxygen atoms in total. The van der Waals surface area contributed by atoms with Gasteiger partial charge in [0.05, 0.1) is 12.3 Å². The van der Waals surface area contributed by atoms with E-state index in [4.69, 9.17) is 0 Å². The molecule has 1 aliphatic rings. The normalized spacial score (nSPS) is 13.5. The number of carboxylic acids is 1. The van der Waals surface area contributed by atoms with E-state index < -0.39 is 29.6 Å². The molecule has 28 heavy (non-hydrogen) atoms. The molecule has 4 rings (SSSR count). The molecule has 0 aliphatic carbocycles. The van der Waals surface area contributed by atoms with E-state index in [1.807, 2.05) is 0 Å². The minimum absolute atomic E-state index is 0.112. The van der Waals surface area contributed by atoms with Crippen LogP contribution in [0.5, 0.6) is 0 Å². The fraction of sp³-hybridized carbons (Fsp3) is 0.235. The number of benzene rings is 1. The Kier molecular flexibility index (Phi) is 3.87. The predicted molar refractivity (Wildman–Crippen MR) is 98.1 cm³/mol. The second kappa shape index (κ2) is 6.15. The van der Waals surface area contributed by atoms with Gasteiger partial charge >= 0.3 is 11.7 Å². The zero-order valence-corrected chi connectivity index (χ0v) is 15.0. The molecule has 1 aromatic carbocycles. The van der Waals surface area contributed by atoms with Gasteiger partial charge in [-0.25, -0.2) is 14.2 Å². The smallest absolute Gasteiger partial charge is 0.332 e. The topological polar surface area (TPSA) is 115 Å². The first kappa shape index (κ1) is 17.6. The lowest BCUT2D eigenvalue weighted by Crippen LogP contribution is -2.38. The Balaban J connectivity index is 1.98. The quantitative estimate of drug-likeness (QED) is 0.671. The average molecular weight is 386 g/mol. The van der Waals surface area contributed by atoms with Gasteiger partial charge in [0.25, 0.3) is 5.56 Å². The molecule has 3 aromatic rings. The van der Waals surface area contributed by atoms with E-state index in [0.29, 0.717) is 11.3 Å². The molecule has 3 heterocycles. The van der Waals surface area contributed by atoms with Crippen LogP contribution in [0.25, 0.3) is 11.2 Å². The molecule has 2 aromatic heterocycles. The first-order valence-corrected chi connectivity index (χ1v) is 8.27. The van der Waals surface area contributed by atoms with Crippen LogP contribution in [0.2, 0.25) is 0 Å². The number of nitrogens with zero attached hydrogens (tertiary/aromatic N) is 6. The Morgan fingerprint density at radius 1 is 1.18 bits per heavy atom. The maximum Gasteiger partial charge on any atom is 0.332 e. The Labute approximate surface area is 156 Å². The number of hydrogen-bond acceptors (Lipinski definition) is 6. The van der Waals surface area contributed by atoms with E-state index in [2.05, 4.69) is 10.1 Å². The number of carboxylic acid groups (broad SMARTS) is 1. The Morgan fingerprint density at radius 2 is 1.86 bits per heavy atom. The number of rotatable bonds is 3. The zero-order valence-electron chi connectivity index (χ0n) is 15.0. The Morgan fingerprint density at radius 3 is 2.50 bits per heavy atom. The summed E-state index contributed by atoms with van der Waals surface area (Å²) < 4.78 is 17.0. The van der Waals surface area contributed by atoms with Crippen molar-refractivity contribution in [2.24, 2.45) is 19.2 Å². The van der Waals surface area contributed by atoms with E-state index in [9.17, 15) is 23.9 Å². The highest BCUT2D eigenvalue weighted by molar-refractivity contribution is 6.03. The summed E-state index contributed by atoms with van der Waals surface area (Å²) in [4.78, 5) is 40.5. The summed E-state index contributed by atoms with van der Waals surface area (Å²) in [5, 5.41) is 14.7. The van der Waals surface area contributed by atoms with E-state index in [1.54, 1.807) is 0 Å². The summed E-state index contributed by atoms with van der Waals surface area (Å²) in [7, 11) is 2.84. The highest BCUT2D eigenvalue weighted by atomic mass is 19.1. The van der Waals surface area contributed by atoms with Crippen molar-refractivity contribution in [1.29, 1.82) is 0 Å². The minimum atomic E-state index is -1.15. The molecule has 11 heteroatoms. The predicted octanol–water partition coefficient (Wildman–Crippen LogP) is -0.118. The van der Waals surface area contributed by atoms with E-state index >= 15 is 0 Å². The molecule has 0 spiro atoms. The summed E-state index contributed by atoms with van der Waals surface area (Å²) in [6.07, 6.45) is 0. The van der Waals surface area contributed by atoms with Crippen LogP contribution in [0, 0.1) is 5.82 Å².